The number of nitrogens with zero attached hydrogens (tertiary/aromatic N) is 4. The molecule has 6 rings (SSSR count). The number of aromatic nitrogens is 3. The number of hydrogen-bond acceptors (Lipinski definition) is 3. The fourth-order valence-electron chi connectivity index (χ4n) is 5.01. The fraction of sp³-hybridized carbons (Fsp3) is 0.348. The number of anilines is 1. The molecule has 2 bridgehead atoms. The van der Waals surface area contributed by atoms with Crippen molar-refractivity contribution in [1.29, 1.82) is 0 Å². The Balaban J connectivity index is 1.30. The fourth-order valence-corrected chi connectivity index (χ4v) is 5.01. The number of amides is 2. The second-order valence-electron chi connectivity index (χ2n) is 8.38. The summed E-state index contributed by atoms with van der Waals surface area (Å²) in [5.41, 5.74) is 6.51. The first kappa shape index (κ1) is 16.8. The molecule has 2 aliphatic heterocycles. The lowest BCUT2D eigenvalue weighted by Gasteiger charge is -2.23. The number of rotatable bonds is 3. The van der Waals surface area contributed by atoms with Crippen LogP contribution < -0.4 is 5.32 Å². The van der Waals surface area contributed by atoms with Gasteiger partial charge in [-0.25, -0.2) is 4.79 Å². The van der Waals surface area contributed by atoms with Crippen molar-refractivity contribution < 1.29 is 4.79 Å². The normalized spacial score (nSPS) is 22.0. The summed E-state index contributed by atoms with van der Waals surface area (Å²) in [6.07, 6.45) is 8.25. The summed E-state index contributed by atoms with van der Waals surface area (Å²) in [5, 5.41) is 7.74. The molecule has 3 aliphatic rings. The van der Waals surface area contributed by atoms with Crippen molar-refractivity contribution in [1.82, 2.24) is 19.7 Å². The van der Waals surface area contributed by atoms with Crippen LogP contribution in [-0.2, 0) is 7.05 Å². The molecule has 29 heavy (non-hydrogen) atoms. The van der Waals surface area contributed by atoms with Gasteiger partial charge in [-0.2, -0.15) is 5.10 Å². The number of nitrogens with one attached hydrogen (secondary N) is 1. The van der Waals surface area contributed by atoms with Gasteiger partial charge in [-0.1, -0.05) is 12.1 Å². The minimum absolute atomic E-state index is 0.0401. The lowest BCUT2D eigenvalue weighted by molar-refractivity contribution is 0.196. The summed E-state index contributed by atoms with van der Waals surface area (Å²) >= 11 is 0. The third kappa shape index (κ3) is 2.66. The summed E-state index contributed by atoms with van der Waals surface area (Å²) in [6, 6.07) is 12.6. The zero-order valence-electron chi connectivity index (χ0n) is 16.4. The molecule has 146 valence electrons. The molecule has 6 nitrogen and oxygen atoms in total. The van der Waals surface area contributed by atoms with E-state index in [0.717, 1.165) is 35.5 Å². The molecule has 2 atom stereocenters. The van der Waals surface area contributed by atoms with Gasteiger partial charge < -0.3 is 10.2 Å². The van der Waals surface area contributed by atoms with E-state index in [0.29, 0.717) is 5.92 Å². The quantitative estimate of drug-likeness (QED) is 0.705. The van der Waals surface area contributed by atoms with E-state index in [9.17, 15) is 4.79 Å². The molecule has 1 N–H and O–H groups in total. The summed E-state index contributed by atoms with van der Waals surface area (Å²) in [5.74, 6) is 0.617. The van der Waals surface area contributed by atoms with Crippen molar-refractivity contribution in [2.24, 2.45) is 7.05 Å². The predicted molar refractivity (Wildman–Crippen MR) is 110 cm³/mol. The van der Waals surface area contributed by atoms with Crippen molar-refractivity contribution in [3.63, 3.8) is 0 Å². The molecular formula is C23H23N5O. The average molecular weight is 385 g/mol. The number of aryl methyl sites for hydroxylation is 1. The number of carbonyl (C=O) groups is 1. The van der Waals surface area contributed by atoms with Crippen LogP contribution in [0.2, 0.25) is 0 Å². The highest BCUT2D eigenvalue weighted by molar-refractivity contribution is 5.91. The van der Waals surface area contributed by atoms with Crippen LogP contribution in [0.4, 0.5) is 10.5 Å². The van der Waals surface area contributed by atoms with Gasteiger partial charge in [-0.05, 0) is 67.0 Å². The Morgan fingerprint density at radius 1 is 1.07 bits per heavy atom. The summed E-state index contributed by atoms with van der Waals surface area (Å²) in [6.45, 7) is 0. The lowest BCUT2D eigenvalue weighted by atomic mass is 9.96. The van der Waals surface area contributed by atoms with Gasteiger partial charge >= 0.3 is 6.03 Å². The second kappa shape index (κ2) is 6.17. The van der Waals surface area contributed by atoms with E-state index in [4.69, 9.17) is 0 Å². The predicted octanol–water partition coefficient (Wildman–Crippen LogP) is 4.78. The molecule has 2 amide bonds. The second-order valence-corrected chi connectivity index (χ2v) is 8.38. The highest BCUT2D eigenvalue weighted by atomic mass is 16.2. The van der Waals surface area contributed by atoms with Crippen LogP contribution in [-0.4, -0.2) is 25.7 Å². The topological polar surface area (TPSA) is 63.1 Å². The summed E-state index contributed by atoms with van der Waals surface area (Å²) < 4.78 is 1.82. The Morgan fingerprint density at radius 3 is 2.69 bits per heavy atom. The number of fused-ring (bicyclic) bond motifs is 5. The van der Waals surface area contributed by atoms with E-state index in [2.05, 4.69) is 33.6 Å². The Morgan fingerprint density at radius 2 is 1.93 bits per heavy atom. The maximum absolute atomic E-state index is 13.2. The highest BCUT2D eigenvalue weighted by Crippen LogP contribution is 2.52. The van der Waals surface area contributed by atoms with Gasteiger partial charge in [0.05, 0.1) is 23.5 Å². The van der Waals surface area contributed by atoms with E-state index in [1.807, 2.05) is 47.2 Å². The van der Waals surface area contributed by atoms with Crippen LogP contribution in [0.1, 0.15) is 60.5 Å². The van der Waals surface area contributed by atoms with Crippen LogP contribution in [0.3, 0.4) is 0 Å². The molecule has 4 heterocycles. The number of carbonyl (C=O) groups excluding carboxylic acids is 1. The minimum Gasteiger partial charge on any atom is -0.309 e. The van der Waals surface area contributed by atoms with Crippen molar-refractivity contribution in [3.05, 3.63) is 65.6 Å². The molecule has 0 radical (unpaired) electrons. The first-order valence-electron chi connectivity index (χ1n) is 10.4. The third-order valence-corrected chi connectivity index (χ3v) is 6.48. The molecule has 1 saturated carbocycles. The number of urea groups is 1. The Kier molecular flexibility index (Phi) is 3.57. The Hall–Kier alpha value is -3.15. The monoisotopic (exact) mass is 385 g/mol. The van der Waals surface area contributed by atoms with E-state index >= 15 is 0 Å². The van der Waals surface area contributed by atoms with E-state index in [-0.39, 0.29) is 18.1 Å². The van der Waals surface area contributed by atoms with E-state index in [1.54, 1.807) is 0 Å². The van der Waals surface area contributed by atoms with Gasteiger partial charge in [-0.15, -0.1) is 0 Å². The van der Waals surface area contributed by atoms with Gasteiger partial charge in [0.15, 0.2) is 0 Å². The number of pyridine rings is 1. The van der Waals surface area contributed by atoms with Gasteiger partial charge in [0.25, 0.3) is 0 Å². The SMILES string of the molecule is Cn1ccc(-c2cc(NC(=O)N3[C@@H]4CC[C@H]3c3ncccc34)ccc2C2CC2)n1. The molecule has 0 unspecified atom stereocenters. The third-order valence-electron chi connectivity index (χ3n) is 6.48. The van der Waals surface area contributed by atoms with Gasteiger partial charge in [0.1, 0.15) is 0 Å². The first-order valence-corrected chi connectivity index (χ1v) is 10.4. The molecular weight excluding hydrogens is 362 g/mol. The van der Waals surface area contributed by atoms with Gasteiger partial charge in [0, 0.05) is 30.7 Å². The molecule has 1 aromatic carbocycles. The number of benzene rings is 1. The molecule has 1 aliphatic carbocycles. The van der Waals surface area contributed by atoms with Crippen LogP contribution in [0.5, 0.6) is 0 Å². The molecule has 6 heteroatoms. The molecule has 2 fully saturated rings. The van der Waals surface area contributed by atoms with Gasteiger partial charge in [0.2, 0.25) is 0 Å². The maximum Gasteiger partial charge on any atom is 0.322 e. The molecule has 0 spiro atoms. The summed E-state index contributed by atoms with van der Waals surface area (Å²) in [4.78, 5) is 19.7. The average Bonchev–Trinajstić information content (AvgIpc) is 3.22. The maximum atomic E-state index is 13.2. The minimum atomic E-state index is -0.0401. The van der Waals surface area contributed by atoms with Crippen molar-refractivity contribution in [3.8, 4) is 11.3 Å². The lowest BCUT2D eigenvalue weighted by Crippen LogP contribution is -2.32. The van der Waals surface area contributed by atoms with E-state index < -0.39 is 0 Å². The Bertz CT molecular complexity index is 1080. The standard InChI is InChI=1S/C23H23N5O/c1-27-12-10-19(26-27)18-13-15(6-7-16(18)14-4-5-14)25-23(29)28-20-8-9-21(28)22-17(20)3-2-11-24-22/h2-3,6-7,10-14,20-21H,4-5,8-9H2,1H3,(H,25,29)/t20-,21+/m1/s1. The first-order chi connectivity index (χ1) is 14.2. The molecule has 2 aromatic heterocycles. The van der Waals surface area contributed by atoms with Crippen molar-refractivity contribution in [2.75, 3.05) is 5.32 Å². The van der Waals surface area contributed by atoms with Crippen LogP contribution in [0.25, 0.3) is 11.3 Å². The van der Waals surface area contributed by atoms with Crippen molar-refractivity contribution in [2.45, 2.75) is 43.7 Å². The Labute approximate surface area is 169 Å². The summed E-state index contributed by atoms with van der Waals surface area (Å²) in [7, 11) is 1.93. The molecule has 1 saturated heterocycles. The largest absolute Gasteiger partial charge is 0.322 e. The smallest absolute Gasteiger partial charge is 0.309 e. The van der Waals surface area contributed by atoms with Crippen LogP contribution >= 0.6 is 0 Å². The highest BCUT2D eigenvalue weighted by Gasteiger charge is 2.47. The van der Waals surface area contributed by atoms with Crippen LogP contribution in [0.15, 0.2) is 48.8 Å². The number of hydrogen-bond donors (Lipinski definition) is 1. The molecule has 3 aromatic rings. The van der Waals surface area contributed by atoms with Crippen LogP contribution in [0, 0.1) is 0 Å². The zero-order valence-corrected chi connectivity index (χ0v) is 16.4. The van der Waals surface area contributed by atoms with E-state index in [1.165, 1.54) is 24.0 Å². The van der Waals surface area contributed by atoms with Crippen molar-refractivity contribution >= 4 is 11.7 Å². The van der Waals surface area contributed by atoms with Gasteiger partial charge in [-0.3, -0.25) is 9.67 Å². The zero-order chi connectivity index (χ0) is 19.5.